The number of hydrogen-bond donors (Lipinski definition) is 1. The lowest BCUT2D eigenvalue weighted by Crippen LogP contribution is -2.12. The Bertz CT molecular complexity index is 2210. The molecule has 9 nitrogen and oxygen atoms in total. The lowest BCUT2D eigenvalue weighted by atomic mass is 10.0. The van der Waals surface area contributed by atoms with Crippen LogP contribution in [-0.4, -0.2) is 41.8 Å². The van der Waals surface area contributed by atoms with E-state index in [9.17, 15) is 16.8 Å². The van der Waals surface area contributed by atoms with Crippen molar-refractivity contribution in [2.45, 2.75) is 18.4 Å². The predicted octanol–water partition coefficient (Wildman–Crippen LogP) is 6.19. The summed E-state index contributed by atoms with van der Waals surface area (Å²) in [5.74, 6) is 0. The Kier molecular flexibility index (Phi) is 7.33. The number of rotatable bonds is 8. The molecule has 0 aliphatic carbocycles. The fourth-order valence-electron chi connectivity index (χ4n) is 4.86. The second-order valence-electron chi connectivity index (χ2n) is 10.3. The van der Waals surface area contributed by atoms with Crippen LogP contribution in [0.2, 0.25) is 5.02 Å². The van der Waals surface area contributed by atoms with Crippen molar-refractivity contribution in [2.24, 2.45) is 0 Å². The first-order valence-electron chi connectivity index (χ1n) is 13.2. The Morgan fingerprint density at radius 3 is 2.35 bits per heavy atom. The highest BCUT2D eigenvalue weighted by molar-refractivity contribution is 7.92. The molecule has 6 rings (SSSR count). The minimum absolute atomic E-state index is 0.142. The van der Waals surface area contributed by atoms with Crippen molar-refractivity contribution >= 4 is 48.4 Å². The van der Waals surface area contributed by atoms with Gasteiger partial charge in [0.15, 0.2) is 5.65 Å². The van der Waals surface area contributed by atoms with E-state index in [1.165, 1.54) is 3.97 Å². The number of sulfonamides is 1. The van der Waals surface area contributed by atoms with Gasteiger partial charge in [0.05, 0.1) is 23.9 Å². The first kappa shape index (κ1) is 28.7. The molecule has 3 aromatic carbocycles. The molecule has 0 aliphatic rings. The van der Waals surface area contributed by atoms with E-state index in [0.29, 0.717) is 44.9 Å². The lowest BCUT2D eigenvalue weighted by Gasteiger charge is -2.09. The maximum Gasteiger partial charge on any atom is 0.269 e. The lowest BCUT2D eigenvalue weighted by molar-refractivity contribution is 0.588. The van der Waals surface area contributed by atoms with Gasteiger partial charge in [-0.25, -0.2) is 25.8 Å². The molecule has 0 aliphatic heterocycles. The van der Waals surface area contributed by atoms with Crippen molar-refractivity contribution in [3.05, 3.63) is 120 Å². The summed E-state index contributed by atoms with van der Waals surface area (Å²) >= 11 is 6.16. The molecule has 6 aromatic rings. The number of anilines is 1. The van der Waals surface area contributed by atoms with Crippen molar-refractivity contribution in [3.63, 3.8) is 0 Å². The zero-order valence-electron chi connectivity index (χ0n) is 23.1. The molecular formula is C31H26ClN5O4S2. The Morgan fingerprint density at radius 1 is 0.837 bits per heavy atom. The SMILES string of the molecule is Cc1ccc(S(=O)(=O)n2cc(-c3cnn(Cc4cccc(Cl)c4)c3)c3cc(-c4cccc(NS(C)(=O)=O)c4)cnc32)cc1. The van der Waals surface area contributed by atoms with Gasteiger partial charge in [0.2, 0.25) is 10.0 Å². The van der Waals surface area contributed by atoms with Gasteiger partial charge in [0, 0.05) is 51.4 Å². The van der Waals surface area contributed by atoms with Crippen LogP contribution in [0.25, 0.3) is 33.3 Å². The normalized spacial score (nSPS) is 12.1. The van der Waals surface area contributed by atoms with Gasteiger partial charge in [-0.15, -0.1) is 0 Å². The predicted molar refractivity (Wildman–Crippen MR) is 169 cm³/mol. The van der Waals surface area contributed by atoms with Gasteiger partial charge >= 0.3 is 0 Å². The average Bonchev–Trinajstić information content (AvgIpc) is 3.57. The second-order valence-corrected chi connectivity index (χ2v) is 14.3. The van der Waals surface area contributed by atoms with Gasteiger partial charge in [-0.05, 0) is 60.5 Å². The summed E-state index contributed by atoms with van der Waals surface area (Å²) in [6, 6.07) is 22.9. The van der Waals surface area contributed by atoms with E-state index in [0.717, 1.165) is 17.4 Å². The number of aromatic nitrogens is 4. The molecule has 218 valence electrons. The van der Waals surface area contributed by atoms with Crippen molar-refractivity contribution in [3.8, 4) is 22.3 Å². The Balaban J connectivity index is 1.49. The maximum absolute atomic E-state index is 13.8. The third-order valence-electron chi connectivity index (χ3n) is 6.87. The van der Waals surface area contributed by atoms with Crippen molar-refractivity contribution in [1.82, 2.24) is 18.7 Å². The monoisotopic (exact) mass is 631 g/mol. The molecule has 0 bridgehead atoms. The largest absolute Gasteiger partial charge is 0.284 e. The van der Waals surface area contributed by atoms with Crippen LogP contribution in [0.4, 0.5) is 5.69 Å². The molecular weight excluding hydrogens is 606 g/mol. The highest BCUT2D eigenvalue weighted by atomic mass is 35.5. The van der Waals surface area contributed by atoms with Crippen molar-refractivity contribution in [1.29, 1.82) is 0 Å². The molecule has 3 aromatic heterocycles. The van der Waals surface area contributed by atoms with E-state index in [1.54, 1.807) is 71.8 Å². The zero-order chi connectivity index (χ0) is 30.4. The molecule has 0 amide bonds. The first-order valence-corrected chi connectivity index (χ1v) is 16.9. The van der Waals surface area contributed by atoms with E-state index in [-0.39, 0.29) is 10.5 Å². The smallest absolute Gasteiger partial charge is 0.269 e. The van der Waals surface area contributed by atoms with Crippen LogP contribution in [0.5, 0.6) is 0 Å². The molecule has 43 heavy (non-hydrogen) atoms. The maximum atomic E-state index is 13.8. The Hall–Kier alpha value is -4.45. The number of hydrogen-bond acceptors (Lipinski definition) is 6. The fourth-order valence-corrected chi connectivity index (χ4v) is 6.95. The van der Waals surface area contributed by atoms with Crippen LogP contribution in [0.15, 0.2) is 109 Å². The van der Waals surface area contributed by atoms with Gasteiger partial charge < -0.3 is 0 Å². The molecule has 12 heteroatoms. The summed E-state index contributed by atoms with van der Waals surface area (Å²) in [5.41, 5.74) is 5.30. The molecule has 0 saturated carbocycles. The van der Waals surface area contributed by atoms with E-state index >= 15 is 0 Å². The zero-order valence-corrected chi connectivity index (χ0v) is 25.5. The van der Waals surface area contributed by atoms with Crippen LogP contribution in [0, 0.1) is 6.92 Å². The van der Waals surface area contributed by atoms with Crippen LogP contribution in [0.3, 0.4) is 0 Å². The summed E-state index contributed by atoms with van der Waals surface area (Å²) in [7, 11) is -7.46. The second kappa shape index (κ2) is 11.0. The topological polar surface area (TPSA) is 116 Å². The third kappa shape index (κ3) is 6.05. The summed E-state index contributed by atoms with van der Waals surface area (Å²) in [4.78, 5) is 4.75. The minimum atomic E-state index is -3.98. The summed E-state index contributed by atoms with van der Waals surface area (Å²) in [6.45, 7) is 2.37. The van der Waals surface area contributed by atoms with E-state index in [2.05, 4.69) is 14.8 Å². The molecule has 0 atom stereocenters. The van der Waals surface area contributed by atoms with Crippen LogP contribution >= 0.6 is 11.6 Å². The molecule has 1 N–H and O–H groups in total. The number of nitrogens with one attached hydrogen (secondary N) is 1. The molecule has 0 spiro atoms. The summed E-state index contributed by atoms with van der Waals surface area (Å²) in [5, 5.41) is 5.74. The highest BCUT2D eigenvalue weighted by Gasteiger charge is 2.24. The quantitative estimate of drug-likeness (QED) is 0.214. The third-order valence-corrected chi connectivity index (χ3v) is 9.37. The number of nitrogens with zero attached hydrogens (tertiary/aromatic N) is 4. The van der Waals surface area contributed by atoms with E-state index in [1.807, 2.05) is 43.5 Å². The summed E-state index contributed by atoms with van der Waals surface area (Å²) in [6.07, 6.45) is 7.77. The highest BCUT2D eigenvalue weighted by Crippen LogP contribution is 2.35. The van der Waals surface area contributed by atoms with E-state index in [4.69, 9.17) is 11.6 Å². The molecule has 3 heterocycles. The van der Waals surface area contributed by atoms with E-state index < -0.39 is 20.0 Å². The van der Waals surface area contributed by atoms with Crippen LogP contribution in [0.1, 0.15) is 11.1 Å². The molecule has 0 saturated heterocycles. The first-order chi connectivity index (χ1) is 20.5. The van der Waals surface area contributed by atoms with Gasteiger partial charge in [0.1, 0.15) is 0 Å². The average molecular weight is 632 g/mol. The molecule has 0 radical (unpaired) electrons. The molecule has 0 unspecified atom stereocenters. The standard InChI is InChI=1S/C31H26ClN5O4S2/c1-21-9-11-28(12-10-21)43(40,41)37-20-30(25-17-34-36(19-25)18-22-5-3-7-26(32)13-22)29-15-24(16-33-31(29)37)23-6-4-8-27(14-23)35-42(2,38)39/h3-17,19-20,35H,18H2,1-2H3. The number of fused-ring (bicyclic) bond motifs is 1. The number of halogens is 1. The van der Waals surface area contributed by atoms with Crippen LogP contribution < -0.4 is 4.72 Å². The Morgan fingerprint density at radius 2 is 1.60 bits per heavy atom. The molecule has 0 fully saturated rings. The van der Waals surface area contributed by atoms with Gasteiger partial charge in [-0.2, -0.15) is 5.10 Å². The van der Waals surface area contributed by atoms with Gasteiger partial charge in [-0.3, -0.25) is 9.40 Å². The summed E-state index contributed by atoms with van der Waals surface area (Å²) < 4.78 is 56.7. The van der Waals surface area contributed by atoms with Crippen LogP contribution in [-0.2, 0) is 26.6 Å². The number of aryl methyl sites for hydroxylation is 1. The van der Waals surface area contributed by atoms with Gasteiger partial charge in [0.25, 0.3) is 10.0 Å². The number of benzene rings is 3. The van der Waals surface area contributed by atoms with Gasteiger partial charge in [-0.1, -0.05) is 53.6 Å². The fraction of sp³-hybridized carbons (Fsp3) is 0.0968. The number of pyridine rings is 1. The Labute approximate surface area is 254 Å². The minimum Gasteiger partial charge on any atom is -0.284 e. The van der Waals surface area contributed by atoms with Crippen molar-refractivity contribution in [2.75, 3.05) is 11.0 Å². The van der Waals surface area contributed by atoms with Crippen molar-refractivity contribution < 1.29 is 16.8 Å².